The normalized spacial score (nSPS) is 11.0. The molecule has 0 aliphatic carbocycles. The fourth-order valence-electron chi connectivity index (χ4n) is 2.23. The van der Waals surface area contributed by atoms with Crippen LogP contribution in [-0.2, 0) is 0 Å². The standard InChI is InChI=1S/C16H14FNO2S/c1-2-6-20-13-4-3-12(17)14-15(13)18-8-11(16(14)19)10-5-7-21-9-10/h3-5,7-9H,2,6H2,1H3,(H,18,19). The van der Waals surface area contributed by atoms with Crippen molar-refractivity contribution in [2.75, 3.05) is 6.61 Å². The van der Waals surface area contributed by atoms with Gasteiger partial charge in [-0.3, -0.25) is 4.79 Å². The Morgan fingerprint density at radius 1 is 1.33 bits per heavy atom. The van der Waals surface area contributed by atoms with E-state index in [2.05, 4.69) is 4.98 Å². The third-order valence-corrected chi connectivity index (χ3v) is 3.93. The molecule has 5 heteroatoms. The van der Waals surface area contributed by atoms with Crippen LogP contribution < -0.4 is 10.2 Å². The Morgan fingerprint density at radius 3 is 2.90 bits per heavy atom. The number of nitrogens with one attached hydrogen (secondary N) is 1. The lowest BCUT2D eigenvalue weighted by Gasteiger charge is -2.09. The van der Waals surface area contributed by atoms with Crippen molar-refractivity contribution in [2.45, 2.75) is 13.3 Å². The molecule has 0 spiro atoms. The molecule has 0 fully saturated rings. The van der Waals surface area contributed by atoms with Crippen molar-refractivity contribution in [1.82, 2.24) is 4.98 Å². The van der Waals surface area contributed by atoms with Gasteiger partial charge in [-0.25, -0.2) is 4.39 Å². The van der Waals surface area contributed by atoms with Gasteiger partial charge >= 0.3 is 0 Å². The third kappa shape index (κ3) is 2.45. The third-order valence-electron chi connectivity index (χ3n) is 3.24. The Morgan fingerprint density at radius 2 is 2.19 bits per heavy atom. The number of ether oxygens (including phenoxy) is 1. The fourth-order valence-corrected chi connectivity index (χ4v) is 2.89. The zero-order valence-electron chi connectivity index (χ0n) is 11.5. The van der Waals surface area contributed by atoms with Crippen LogP contribution >= 0.6 is 11.3 Å². The summed E-state index contributed by atoms with van der Waals surface area (Å²) in [5.41, 5.74) is 1.35. The van der Waals surface area contributed by atoms with Crippen LogP contribution in [0.25, 0.3) is 22.0 Å². The van der Waals surface area contributed by atoms with E-state index in [1.54, 1.807) is 12.3 Å². The van der Waals surface area contributed by atoms with E-state index >= 15 is 0 Å². The van der Waals surface area contributed by atoms with Gasteiger partial charge in [0.25, 0.3) is 0 Å². The first kappa shape index (κ1) is 13.8. The summed E-state index contributed by atoms with van der Waals surface area (Å²) in [6, 6.07) is 4.67. The van der Waals surface area contributed by atoms with Crippen LogP contribution in [0.5, 0.6) is 5.75 Å². The van der Waals surface area contributed by atoms with Crippen LogP contribution in [0.15, 0.2) is 40.0 Å². The van der Waals surface area contributed by atoms with Crippen molar-refractivity contribution in [2.24, 2.45) is 0 Å². The van der Waals surface area contributed by atoms with Crippen LogP contribution in [0.3, 0.4) is 0 Å². The highest BCUT2D eigenvalue weighted by Gasteiger charge is 2.14. The molecule has 3 rings (SSSR count). The van der Waals surface area contributed by atoms with E-state index in [1.807, 2.05) is 23.8 Å². The lowest BCUT2D eigenvalue weighted by molar-refractivity contribution is 0.320. The predicted octanol–water partition coefficient (Wildman–Crippen LogP) is 4.18. The number of H-pyrrole nitrogens is 1. The summed E-state index contributed by atoms with van der Waals surface area (Å²) in [5.74, 6) is -0.0330. The van der Waals surface area contributed by atoms with Gasteiger partial charge in [-0.15, -0.1) is 0 Å². The molecule has 0 saturated carbocycles. The number of aromatic amines is 1. The zero-order valence-corrected chi connectivity index (χ0v) is 12.3. The smallest absolute Gasteiger partial charge is 0.200 e. The van der Waals surface area contributed by atoms with Gasteiger partial charge in [0.15, 0.2) is 5.43 Å². The average Bonchev–Trinajstić information content (AvgIpc) is 3.01. The molecule has 108 valence electrons. The molecule has 1 aromatic carbocycles. The minimum Gasteiger partial charge on any atom is -0.491 e. The highest BCUT2D eigenvalue weighted by Crippen LogP contribution is 2.27. The molecule has 0 aliphatic heterocycles. The van der Waals surface area contributed by atoms with E-state index in [-0.39, 0.29) is 10.8 Å². The summed E-state index contributed by atoms with van der Waals surface area (Å²) in [7, 11) is 0. The van der Waals surface area contributed by atoms with Crippen LogP contribution in [0.1, 0.15) is 13.3 Å². The van der Waals surface area contributed by atoms with Gasteiger partial charge in [-0.2, -0.15) is 11.3 Å². The summed E-state index contributed by atoms with van der Waals surface area (Å²) < 4.78 is 19.7. The number of fused-ring (bicyclic) bond motifs is 1. The Balaban J connectivity index is 2.24. The SMILES string of the molecule is CCCOc1ccc(F)c2c(=O)c(-c3ccsc3)c[nH]c12. The van der Waals surface area contributed by atoms with Gasteiger partial charge in [-0.05, 0) is 40.9 Å². The van der Waals surface area contributed by atoms with Gasteiger partial charge in [0, 0.05) is 11.8 Å². The number of hydrogen-bond donors (Lipinski definition) is 1. The molecule has 21 heavy (non-hydrogen) atoms. The van der Waals surface area contributed by atoms with Crippen molar-refractivity contribution in [3.05, 3.63) is 51.2 Å². The van der Waals surface area contributed by atoms with Crippen molar-refractivity contribution in [1.29, 1.82) is 0 Å². The maximum atomic E-state index is 14.1. The summed E-state index contributed by atoms with van der Waals surface area (Å²) in [6.07, 6.45) is 2.46. The van der Waals surface area contributed by atoms with Crippen molar-refractivity contribution < 1.29 is 9.13 Å². The lowest BCUT2D eigenvalue weighted by atomic mass is 10.1. The van der Waals surface area contributed by atoms with Crippen LogP contribution in [0.2, 0.25) is 0 Å². The van der Waals surface area contributed by atoms with Crippen LogP contribution in [0.4, 0.5) is 4.39 Å². The lowest BCUT2D eigenvalue weighted by Crippen LogP contribution is -2.09. The number of halogens is 1. The molecule has 0 aliphatic rings. The van der Waals surface area contributed by atoms with E-state index in [1.165, 1.54) is 17.4 Å². The highest BCUT2D eigenvalue weighted by atomic mass is 32.1. The predicted molar refractivity (Wildman–Crippen MR) is 83.6 cm³/mol. The Labute approximate surface area is 125 Å². The summed E-state index contributed by atoms with van der Waals surface area (Å²) in [5, 5.41) is 3.80. The Kier molecular flexibility index (Phi) is 3.75. The quantitative estimate of drug-likeness (QED) is 0.785. The molecule has 0 atom stereocenters. The summed E-state index contributed by atoms with van der Waals surface area (Å²) >= 11 is 1.50. The van der Waals surface area contributed by atoms with Gasteiger partial charge in [0.05, 0.1) is 17.5 Å². The van der Waals surface area contributed by atoms with E-state index in [4.69, 9.17) is 4.74 Å². The van der Waals surface area contributed by atoms with Gasteiger partial charge in [-0.1, -0.05) is 6.92 Å². The van der Waals surface area contributed by atoms with Crippen molar-refractivity contribution in [3.8, 4) is 16.9 Å². The van der Waals surface area contributed by atoms with E-state index in [9.17, 15) is 9.18 Å². The topological polar surface area (TPSA) is 42.1 Å². The second-order valence-corrected chi connectivity index (χ2v) is 5.47. The number of aromatic nitrogens is 1. The second kappa shape index (κ2) is 5.69. The number of thiophene rings is 1. The highest BCUT2D eigenvalue weighted by molar-refractivity contribution is 7.08. The van der Waals surface area contributed by atoms with Gasteiger partial charge in [0.1, 0.15) is 11.6 Å². The largest absolute Gasteiger partial charge is 0.491 e. The molecule has 0 amide bonds. The molecule has 3 nitrogen and oxygen atoms in total. The van der Waals surface area contributed by atoms with Crippen molar-refractivity contribution >= 4 is 22.2 Å². The van der Waals surface area contributed by atoms with Crippen LogP contribution in [0, 0.1) is 5.82 Å². The molecule has 1 N–H and O–H groups in total. The minimum atomic E-state index is -0.535. The monoisotopic (exact) mass is 303 g/mol. The average molecular weight is 303 g/mol. The van der Waals surface area contributed by atoms with Crippen molar-refractivity contribution in [3.63, 3.8) is 0 Å². The molecular weight excluding hydrogens is 289 g/mol. The first-order valence-corrected chi connectivity index (χ1v) is 7.66. The first-order chi connectivity index (χ1) is 10.2. The Bertz CT molecular complexity index is 824. The number of pyridine rings is 1. The van der Waals surface area contributed by atoms with Gasteiger partial charge < -0.3 is 9.72 Å². The Hall–Kier alpha value is -2.14. The molecular formula is C16H14FNO2S. The molecule has 0 radical (unpaired) electrons. The summed E-state index contributed by atoms with van der Waals surface area (Å²) in [6.45, 7) is 2.51. The number of hydrogen-bond acceptors (Lipinski definition) is 3. The molecule has 0 unspecified atom stereocenters. The molecule has 0 saturated heterocycles. The van der Waals surface area contributed by atoms with Gasteiger partial charge in [0.2, 0.25) is 0 Å². The maximum absolute atomic E-state index is 14.1. The van der Waals surface area contributed by atoms with E-state index < -0.39 is 5.82 Å². The van der Waals surface area contributed by atoms with E-state index in [0.717, 1.165) is 12.0 Å². The molecule has 2 aromatic heterocycles. The van der Waals surface area contributed by atoms with Crippen LogP contribution in [-0.4, -0.2) is 11.6 Å². The minimum absolute atomic E-state index is 0.0484. The van der Waals surface area contributed by atoms with E-state index in [0.29, 0.717) is 23.4 Å². The molecule has 2 heterocycles. The number of benzene rings is 1. The zero-order chi connectivity index (χ0) is 14.8. The first-order valence-electron chi connectivity index (χ1n) is 6.71. The second-order valence-electron chi connectivity index (χ2n) is 4.69. The molecule has 0 bridgehead atoms. The fraction of sp³-hybridized carbons (Fsp3) is 0.188. The number of rotatable bonds is 4. The maximum Gasteiger partial charge on any atom is 0.200 e. The molecule has 3 aromatic rings. The summed E-state index contributed by atoms with van der Waals surface area (Å²) in [4.78, 5) is 15.6.